The Bertz CT molecular complexity index is 318. The first-order valence-electron chi connectivity index (χ1n) is 8.13. The Labute approximate surface area is 124 Å². The average molecular weight is 278 g/mol. The van der Waals surface area contributed by atoms with Gasteiger partial charge in [-0.1, -0.05) is 63.3 Å². The number of carboxylic acids is 1. The molecule has 0 fully saturated rings. The highest BCUT2D eigenvalue weighted by molar-refractivity contribution is 5.66. The minimum absolute atomic E-state index is 0.326. The molecular weight excluding hydrogens is 248 g/mol. The van der Waals surface area contributed by atoms with E-state index in [0.29, 0.717) is 6.42 Å². The van der Waals surface area contributed by atoms with E-state index in [1.807, 2.05) is 6.08 Å². The largest absolute Gasteiger partial charge is 0.481 e. The zero-order chi connectivity index (χ0) is 14.9. The standard InChI is InChI=1S/C18H30O2/c1-2-3-4-5-6-7-8-9-10-11-12-13-14-15-16-17-18(19)20/h4,7H,2-3,8-17H2,1H3,(H,19,20). The molecular formula is C18H30O2. The lowest BCUT2D eigenvalue weighted by Gasteiger charge is -2.00. The zero-order valence-corrected chi connectivity index (χ0v) is 13.0. The molecule has 0 aromatic heterocycles. The first-order valence-corrected chi connectivity index (χ1v) is 8.13. The molecule has 0 heterocycles. The van der Waals surface area contributed by atoms with E-state index in [9.17, 15) is 4.79 Å². The molecule has 0 amide bonds. The normalized spacial score (nSPS) is 9.65. The summed E-state index contributed by atoms with van der Waals surface area (Å²) in [5, 5.41) is 8.50. The van der Waals surface area contributed by atoms with Gasteiger partial charge in [0, 0.05) is 6.42 Å². The number of hydrogen-bond acceptors (Lipinski definition) is 1. The highest BCUT2D eigenvalue weighted by Crippen LogP contribution is 2.10. The van der Waals surface area contributed by atoms with Crippen molar-refractivity contribution in [1.82, 2.24) is 0 Å². The van der Waals surface area contributed by atoms with Gasteiger partial charge < -0.3 is 5.11 Å². The van der Waals surface area contributed by atoms with E-state index in [-0.39, 0.29) is 0 Å². The van der Waals surface area contributed by atoms with Gasteiger partial charge in [-0.3, -0.25) is 4.79 Å². The van der Waals surface area contributed by atoms with Crippen LogP contribution < -0.4 is 0 Å². The van der Waals surface area contributed by atoms with Gasteiger partial charge in [0.05, 0.1) is 0 Å². The van der Waals surface area contributed by atoms with Crippen molar-refractivity contribution in [3.63, 3.8) is 0 Å². The topological polar surface area (TPSA) is 37.3 Å². The summed E-state index contributed by atoms with van der Waals surface area (Å²) in [5.41, 5.74) is 6.13. The Morgan fingerprint density at radius 2 is 1.35 bits per heavy atom. The van der Waals surface area contributed by atoms with Crippen molar-refractivity contribution in [2.24, 2.45) is 0 Å². The smallest absolute Gasteiger partial charge is 0.303 e. The fraction of sp³-hybridized carbons (Fsp3) is 0.722. The Morgan fingerprint density at radius 3 is 1.90 bits per heavy atom. The lowest BCUT2D eigenvalue weighted by molar-refractivity contribution is -0.137. The Hall–Kier alpha value is -1.23. The summed E-state index contributed by atoms with van der Waals surface area (Å²) in [6.45, 7) is 2.16. The van der Waals surface area contributed by atoms with Crippen LogP contribution >= 0.6 is 0 Å². The van der Waals surface area contributed by atoms with E-state index in [1.165, 1.54) is 44.9 Å². The van der Waals surface area contributed by atoms with Crippen molar-refractivity contribution in [3.8, 4) is 0 Å². The highest BCUT2D eigenvalue weighted by Gasteiger charge is 1.96. The van der Waals surface area contributed by atoms with E-state index in [0.717, 1.165) is 25.7 Å². The maximum absolute atomic E-state index is 10.3. The fourth-order valence-electron chi connectivity index (χ4n) is 1.99. The number of allylic oxidation sites excluding steroid dienone is 2. The molecule has 0 spiro atoms. The predicted molar refractivity (Wildman–Crippen MR) is 84.9 cm³/mol. The quantitative estimate of drug-likeness (QED) is 0.350. The summed E-state index contributed by atoms with van der Waals surface area (Å²) < 4.78 is 0. The van der Waals surface area contributed by atoms with Crippen molar-refractivity contribution < 1.29 is 9.90 Å². The van der Waals surface area contributed by atoms with Crippen molar-refractivity contribution in [3.05, 3.63) is 23.6 Å². The van der Waals surface area contributed by atoms with E-state index in [1.54, 1.807) is 0 Å². The maximum atomic E-state index is 10.3. The summed E-state index contributed by atoms with van der Waals surface area (Å²) in [6.07, 6.45) is 17.2. The molecule has 0 aliphatic carbocycles. The minimum Gasteiger partial charge on any atom is -0.481 e. The van der Waals surface area contributed by atoms with Crippen molar-refractivity contribution in [1.29, 1.82) is 0 Å². The van der Waals surface area contributed by atoms with Gasteiger partial charge in [0.25, 0.3) is 0 Å². The number of aliphatic carboxylic acids is 1. The maximum Gasteiger partial charge on any atom is 0.303 e. The third-order valence-electron chi connectivity index (χ3n) is 3.21. The molecule has 114 valence electrons. The van der Waals surface area contributed by atoms with Crippen LogP contribution in [0.4, 0.5) is 0 Å². The molecule has 2 heteroatoms. The highest BCUT2D eigenvalue weighted by atomic mass is 16.4. The molecule has 0 aliphatic rings. The second kappa shape index (κ2) is 15.8. The molecule has 2 nitrogen and oxygen atoms in total. The third kappa shape index (κ3) is 16.8. The summed E-state index contributed by atoms with van der Waals surface area (Å²) >= 11 is 0. The number of hydrogen-bond donors (Lipinski definition) is 1. The number of carboxylic acid groups (broad SMARTS) is 1. The molecule has 0 saturated carbocycles. The molecule has 20 heavy (non-hydrogen) atoms. The predicted octanol–water partition coefficient (Wildman–Crippen LogP) is 5.64. The Morgan fingerprint density at radius 1 is 0.850 bits per heavy atom. The number of unbranched alkanes of at least 4 members (excludes halogenated alkanes) is 9. The fourth-order valence-corrected chi connectivity index (χ4v) is 1.99. The van der Waals surface area contributed by atoms with E-state index < -0.39 is 5.97 Å². The minimum atomic E-state index is -0.670. The Kier molecular flexibility index (Phi) is 14.9. The van der Waals surface area contributed by atoms with Gasteiger partial charge in [-0.05, 0) is 37.8 Å². The van der Waals surface area contributed by atoms with Gasteiger partial charge in [0.2, 0.25) is 0 Å². The molecule has 0 radical (unpaired) electrons. The van der Waals surface area contributed by atoms with Crippen LogP contribution in [0.1, 0.15) is 84.0 Å². The van der Waals surface area contributed by atoms with Crippen molar-refractivity contribution in [2.45, 2.75) is 84.0 Å². The molecule has 0 aliphatic heterocycles. The lowest BCUT2D eigenvalue weighted by Crippen LogP contribution is -1.93. The van der Waals surface area contributed by atoms with Gasteiger partial charge in [-0.15, -0.1) is 0 Å². The lowest BCUT2D eigenvalue weighted by atomic mass is 10.1. The van der Waals surface area contributed by atoms with E-state index >= 15 is 0 Å². The molecule has 1 N–H and O–H groups in total. The number of rotatable bonds is 13. The van der Waals surface area contributed by atoms with Crippen LogP contribution in [0.25, 0.3) is 0 Å². The van der Waals surface area contributed by atoms with Crippen LogP contribution in [-0.4, -0.2) is 11.1 Å². The van der Waals surface area contributed by atoms with Crippen LogP contribution in [0.5, 0.6) is 0 Å². The van der Waals surface area contributed by atoms with Crippen LogP contribution in [0.15, 0.2) is 23.6 Å². The third-order valence-corrected chi connectivity index (χ3v) is 3.21. The van der Waals surface area contributed by atoms with E-state index in [2.05, 4.69) is 24.5 Å². The van der Waals surface area contributed by atoms with Crippen LogP contribution in [0.2, 0.25) is 0 Å². The monoisotopic (exact) mass is 278 g/mol. The van der Waals surface area contributed by atoms with Gasteiger partial charge in [0.1, 0.15) is 0 Å². The zero-order valence-electron chi connectivity index (χ0n) is 13.0. The number of carbonyl (C=O) groups is 1. The summed E-state index contributed by atoms with van der Waals surface area (Å²) in [6, 6.07) is 0. The molecule has 0 saturated heterocycles. The molecule has 0 aromatic carbocycles. The second-order valence-corrected chi connectivity index (χ2v) is 5.25. The van der Waals surface area contributed by atoms with Crippen LogP contribution in [0, 0.1) is 0 Å². The van der Waals surface area contributed by atoms with Gasteiger partial charge >= 0.3 is 5.97 Å². The Balaban J connectivity index is 3.21. The van der Waals surface area contributed by atoms with Crippen molar-refractivity contribution in [2.75, 3.05) is 0 Å². The first-order chi connectivity index (χ1) is 9.77. The molecule has 0 atom stereocenters. The van der Waals surface area contributed by atoms with E-state index in [4.69, 9.17) is 5.11 Å². The molecule has 0 rings (SSSR count). The average Bonchev–Trinajstić information content (AvgIpc) is 2.43. The molecule has 0 unspecified atom stereocenters. The second-order valence-electron chi connectivity index (χ2n) is 5.25. The summed E-state index contributed by atoms with van der Waals surface area (Å²) in [5.74, 6) is -0.670. The molecule has 0 aromatic rings. The first kappa shape index (κ1) is 18.8. The summed E-state index contributed by atoms with van der Waals surface area (Å²) in [4.78, 5) is 10.3. The van der Waals surface area contributed by atoms with Crippen LogP contribution in [-0.2, 0) is 4.79 Å². The van der Waals surface area contributed by atoms with Gasteiger partial charge in [0.15, 0.2) is 0 Å². The molecule has 0 bridgehead atoms. The van der Waals surface area contributed by atoms with Gasteiger partial charge in [-0.2, -0.15) is 0 Å². The van der Waals surface area contributed by atoms with Crippen molar-refractivity contribution >= 4 is 5.97 Å². The SMILES string of the molecule is CCCC=C=C=CCCCCCCCCCCC(=O)O. The van der Waals surface area contributed by atoms with Gasteiger partial charge in [-0.25, -0.2) is 0 Å². The van der Waals surface area contributed by atoms with Crippen LogP contribution in [0.3, 0.4) is 0 Å². The summed E-state index contributed by atoms with van der Waals surface area (Å²) in [7, 11) is 0.